The molecule has 0 N–H and O–H groups in total. The van der Waals surface area contributed by atoms with Crippen LogP contribution in [0.5, 0.6) is 0 Å². The molecule has 0 aliphatic carbocycles. The van der Waals surface area contributed by atoms with Crippen molar-refractivity contribution >= 4 is 23.1 Å². The number of aromatic nitrogens is 1. The number of halogens is 1. The van der Waals surface area contributed by atoms with Crippen LogP contribution < -0.4 is 17.0 Å². The van der Waals surface area contributed by atoms with E-state index in [-0.39, 0.29) is 40.0 Å². The molecule has 0 unspecified atom stereocenters. The monoisotopic (exact) mass is 182 g/mol. The van der Waals surface area contributed by atoms with E-state index in [0.717, 1.165) is 0 Å². The zero-order valence-corrected chi connectivity index (χ0v) is 7.42. The molecule has 0 aromatic carbocycles. The Morgan fingerprint density at radius 1 is 0.875 bits per heavy atom. The fourth-order valence-electron chi connectivity index (χ4n) is 0.313. The van der Waals surface area contributed by atoms with E-state index < -0.39 is 0 Å². The van der Waals surface area contributed by atoms with Gasteiger partial charge in [0.15, 0.2) is 0 Å². The Bertz CT molecular complexity index is 84.4. The van der Waals surface area contributed by atoms with E-state index in [1.807, 2.05) is 18.2 Å². The molecule has 0 spiro atoms. The standard InChI is InChI=1S/C5H5N.BrH.Mg/c1-2-4-6-5-3-1;;/h1-5H;1H;/q;;+2/p-1. The van der Waals surface area contributed by atoms with E-state index in [1.54, 1.807) is 12.4 Å². The van der Waals surface area contributed by atoms with Gasteiger partial charge in [-0.2, -0.15) is 0 Å². The van der Waals surface area contributed by atoms with Gasteiger partial charge >= 0.3 is 23.1 Å². The third-order valence-corrected chi connectivity index (χ3v) is 0.566. The molecule has 1 rings (SSSR count). The summed E-state index contributed by atoms with van der Waals surface area (Å²) in [6.45, 7) is 0. The topological polar surface area (TPSA) is 12.9 Å². The van der Waals surface area contributed by atoms with Gasteiger partial charge in [0.1, 0.15) is 0 Å². The summed E-state index contributed by atoms with van der Waals surface area (Å²) in [4.78, 5) is 3.78. The molecular formula is C5H5BrMgN+. The molecule has 3 heteroatoms. The maximum absolute atomic E-state index is 3.78. The molecule has 0 saturated carbocycles. The van der Waals surface area contributed by atoms with Gasteiger partial charge in [0.25, 0.3) is 0 Å². The number of hydrogen-bond acceptors (Lipinski definition) is 1. The van der Waals surface area contributed by atoms with E-state index in [2.05, 4.69) is 4.98 Å². The van der Waals surface area contributed by atoms with Crippen molar-refractivity contribution in [3.8, 4) is 0 Å². The van der Waals surface area contributed by atoms with Crippen molar-refractivity contribution in [2.45, 2.75) is 0 Å². The van der Waals surface area contributed by atoms with Crippen LogP contribution in [-0.2, 0) is 0 Å². The Hall–Kier alpha value is 0.396. The minimum Gasteiger partial charge on any atom is -1.00 e. The van der Waals surface area contributed by atoms with Gasteiger partial charge in [-0.1, -0.05) is 6.07 Å². The molecule has 1 aromatic heterocycles. The third-order valence-electron chi connectivity index (χ3n) is 0.566. The summed E-state index contributed by atoms with van der Waals surface area (Å²) in [5.41, 5.74) is 0. The molecule has 0 fully saturated rings. The van der Waals surface area contributed by atoms with E-state index in [0.29, 0.717) is 0 Å². The first kappa shape index (κ1) is 11.2. The average molecular weight is 183 g/mol. The number of pyridine rings is 1. The number of hydrogen-bond donors (Lipinski definition) is 0. The smallest absolute Gasteiger partial charge is 1.00 e. The second-order valence-corrected chi connectivity index (χ2v) is 1.02. The van der Waals surface area contributed by atoms with Crippen LogP contribution in [0.3, 0.4) is 0 Å². The Labute approximate surface area is 75.4 Å². The van der Waals surface area contributed by atoms with Crippen molar-refractivity contribution in [2.75, 3.05) is 0 Å². The molecule has 0 bridgehead atoms. The van der Waals surface area contributed by atoms with Crippen molar-refractivity contribution < 1.29 is 17.0 Å². The molecule has 1 aromatic rings. The molecule has 38 valence electrons. The summed E-state index contributed by atoms with van der Waals surface area (Å²) >= 11 is 0. The van der Waals surface area contributed by atoms with Crippen molar-refractivity contribution in [3.05, 3.63) is 30.6 Å². The van der Waals surface area contributed by atoms with Gasteiger partial charge in [-0.25, -0.2) is 0 Å². The summed E-state index contributed by atoms with van der Waals surface area (Å²) < 4.78 is 0. The fraction of sp³-hybridized carbons (Fsp3) is 0. The van der Waals surface area contributed by atoms with Crippen LogP contribution in [0, 0.1) is 0 Å². The van der Waals surface area contributed by atoms with E-state index in [1.165, 1.54) is 0 Å². The molecular weight excluding hydrogens is 178 g/mol. The van der Waals surface area contributed by atoms with Gasteiger partial charge in [0.2, 0.25) is 0 Å². The summed E-state index contributed by atoms with van der Waals surface area (Å²) in [7, 11) is 0. The van der Waals surface area contributed by atoms with Gasteiger partial charge < -0.3 is 17.0 Å². The van der Waals surface area contributed by atoms with Gasteiger partial charge in [0.05, 0.1) is 0 Å². The molecule has 0 aliphatic heterocycles. The minimum absolute atomic E-state index is 0. The second kappa shape index (κ2) is 7.40. The average Bonchev–Trinajstić information content (AvgIpc) is 1.72. The van der Waals surface area contributed by atoms with Crippen molar-refractivity contribution in [1.29, 1.82) is 0 Å². The van der Waals surface area contributed by atoms with Crippen molar-refractivity contribution in [2.24, 2.45) is 0 Å². The zero-order chi connectivity index (χ0) is 4.24. The number of nitrogens with zero attached hydrogens (tertiary/aromatic N) is 1. The van der Waals surface area contributed by atoms with Gasteiger partial charge in [-0.05, 0) is 12.1 Å². The Balaban J connectivity index is 0. The van der Waals surface area contributed by atoms with Gasteiger partial charge in [-0.3, -0.25) is 4.98 Å². The van der Waals surface area contributed by atoms with Crippen molar-refractivity contribution in [1.82, 2.24) is 4.98 Å². The first-order chi connectivity index (χ1) is 3.00. The summed E-state index contributed by atoms with van der Waals surface area (Å²) in [6, 6.07) is 5.72. The van der Waals surface area contributed by atoms with Crippen LogP contribution in [0.25, 0.3) is 0 Å². The second-order valence-electron chi connectivity index (χ2n) is 1.02. The Kier molecular flexibility index (Phi) is 10.4. The SMILES string of the molecule is [Br-].[Mg+2].c1ccncc1. The third kappa shape index (κ3) is 4.55. The van der Waals surface area contributed by atoms with E-state index in [4.69, 9.17) is 0 Å². The molecule has 0 saturated heterocycles. The predicted molar refractivity (Wildman–Crippen MR) is 30.0 cm³/mol. The van der Waals surface area contributed by atoms with Gasteiger partial charge in [0, 0.05) is 12.4 Å². The Morgan fingerprint density at radius 3 is 1.50 bits per heavy atom. The maximum atomic E-state index is 3.78. The predicted octanol–water partition coefficient (Wildman–Crippen LogP) is -2.30. The zero-order valence-electron chi connectivity index (χ0n) is 4.42. The largest absolute Gasteiger partial charge is 2.00 e. The fourth-order valence-corrected chi connectivity index (χ4v) is 0.313. The Morgan fingerprint density at radius 2 is 1.38 bits per heavy atom. The normalized spacial score (nSPS) is 6.00. The summed E-state index contributed by atoms with van der Waals surface area (Å²) in [6.07, 6.45) is 3.50. The van der Waals surface area contributed by atoms with E-state index in [9.17, 15) is 0 Å². The van der Waals surface area contributed by atoms with E-state index >= 15 is 0 Å². The molecule has 0 radical (unpaired) electrons. The summed E-state index contributed by atoms with van der Waals surface area (Å²) in [5.74, 6) is 0. The van der Waals surface area contributed by atoms with Crippen LogP contribution in [0.2, 0.25) is 0 Å². The number of rotatable bonds is 0. The molecule has 8 heavy (non-hydrogen) atoms. The van der Waals surface area contributed by atoms with Crippen LogP contribution in [0.4, 0.5) is 0 Å². The molecule has 1 heterocycles. The van der Waals surface area contributed by atoms with Crippen LogP contribution in [0.15, 0.2) is 30.6 Å². The molecule has 1 nitrogen and oxygen atoms in total. The first-order valence-corrected chi connectivity index (χ1v) is 1.85. The summed E-state index contributed by atoms with van der Waals surface area (Å²) in [5, 5.41) is 0. The first-order valence-electron chi connectivity index (χ1n) is 1.85. The quantitative estimate of drug-likeness (QED) is 0.413. The molecule has 0 amide bonds. The van der Waals surface area contributed by atoms with Crippen molar-refractivity contribution in [3.63, 3.8) is 0 Å². The van der Waals surface area contributed by atoms with Crippen LogP contribution >= 0.6 is 0 Å². The molecule has 0 atom stereocenters. The minimum atomic E-state index is 0. The van der Waals surface area contributed by atoms with Crippen LogP contribution in [0.1, 0.15) is 0 Å². The van der Waals surface area contributed by atoms with Gasteiger partial charge in [-0.15, -0.1) is 0 Å². The molecule has 0 aliphatic rings. The maximum Gasteiger partial charge on any atom is 2.00 e. The van der Waals surface area contributed by atoms with Crippen LogP contribution in [-0.4, -0.2) is 28.0 Å².